The molecule has 23 heavy (non-hydrogen) atoms. The van der Waals surface area contributed by atoms with Gasteiger partial charge in [0, 0.05) is 46.0 Å². The lowest BCUT2D eigenvalue weighted by atomic mass is 9.85. The van der Waals surface area contributed by atoms with Crippen molar-refractivity contribution in [2.24, 2.45) is 13.0 Å². The quantitative estimate of drug-likeness (QED) is 0.804. The molecule has 1 aromatic rings. The van der Waals surface area contributed by atoms with Gasteiger partial charge in [-0.25, -0.2) is 0 Å². The molecule has 2 N–H and O–H groups in total. The van der Waals surface area contributed by atoms with Crippen LogP contribution in [0.25, 0.3) is 0 Å². The van der Waals surface area contributed by atoms with Crippen molar-refractivity contribution in [3.63, 3.8) is 0 Å². The molecule has 0 aliphatic carbocycles. The second-order valence-corrected chi connectivity index (χ2v) is 6.64. The largest absolute Gasteiger partial charge is 0.357 e. The number of hydrogen-bond acceptors (Lipinski definition) is 4. The highest BCUT2D eigenvalue weighted by molar-refractivity contribution is 5.89. The van der Waals surface area contributed by atoms with Gasteiger partial charge in [-0.3, -0.25) is 9.48 Å². The lowest BCUT2D eigenvalue weighted by Crippen LogP contribution is -2.58. The highest BCUT2D eigenvalue weighted by Crippen LogP contribution is 2.28. The molecule has 0 unspecified atom stereocenters. The first-order chi connectivity index (χ1) is 11.0. The van der Waals surface area contributed by atoms with Gasteiger partial charge < -0.3 is 15.5 Å². The molecule has 1 aliphatic heterocycles. The van der Waals surface area contributed by atoms with Gasteiger partial charge in [0.15, 0.2) is 0 Å². The van der Waals surface area contributed by atoms with E-state index >= 15 is 0 Å². The topological polar surface area (TPSA) is 62.2 Å². The Kier molecular flexibility index (Phi) is 6.04. The summed E-state index contributed by atoms with van der Waals surface area (Å²) < 4.78 is 1.75. The predicted octanol–water partition coefficient (Wildman–Crippen LogP) is 1.85. The van der Waals surface area contributed by atoms with Gasteiger partial charge in [-0.15, -0.1) is 0 Å². The molecule has 2 rings (SSSR count). The molecule has 0 radical (unpaired) electrons. The van der Waals surface area contributed by atoms with E-state index in [4.69, 9.17) is 0 Å². The Balaban J connectivity index is 2.03. The summed E-state index contributed by atoms with van der Waals surface area (Å²) in [6.45, 7) is 7.55. The first-order valence-electron chi connectivity index (χ1n) is 8.75. The molecule has 1 saturated heterocycles. The van der Waals surface area contributed by atoms with Crippen LogP contribution < -0.4 is 10.6 Å². The molecule has 1 aromatic heterocycles. The third-order valence-electron chi connectivity index (χ3n) is 5.12. The predicted molar refractivity (Wildman–Crippen MR) is 93.4 cm³/mol. The lowest BCUT2D eigenvalue weighted by molar-refractivity contribution is -0.126. The van der Waals surface area contributed by atoms with Gasteiger partial charge in [-0.05, 0) is 18.8 Å². The summed E-state index contributed by atoms with van der Waals surface area (Å²) in [4.78, 5) is 15.0. The monoisotopic (exact) mass is 321 g/mol. The summed E-state index contributed by atoms with van der Waals surface area (Å²) in [5, 5.41) is 10.6. The number of rotatable bonds is 7. The standard InChI is InChI=1S/C17H31N5O/c1-5-14(6-2)13-22-11-8-17(9-12-22,16(23)18-3)19-15-7-10-21(4)20-15/h7,10,14H,5-6,8-9,11-13H2,1-4H3,(H,18,23)(H,19,20). The summed E-state index contributed by atoms with van der Waals surface area (Å²) >= 11 is 0. The van der Waals surface area contributed by atoms with E-state index in [1.165, 1.54) is 12.8 Å². The van der Waals surface area contributed by atoms with Gasteiger partial charge in [0.05, 0.1) is 0 Å². The number of nitrogens with zero attached hydrogens (tertiary/aromatic N) is 3. The minimum absolute atomic E-state index is 0.0605. The molecular weight excluding hydrogens is 290 g/mol. The number of carbonyl (C=O) groups is 1. The molecule has 2 heterocycles. The van der Waals surface area contributed by atoms with E-state index in [1.807, 2.05) is 19.3 Å². The van der Waals surface area contributed by atoms with Gasteiger partial charge in [0.2, 0.25) is 5.91 Å². The van der Waals surface area contributed by atoms with E-state index in [-0.39, 0.29) is 5.91 Å². The molecule has 0 aromatic carbocycles. The molecule has 1 fully saturated rings. The van der Waals surface area contributed by atoms with Crippen LogP contribution in [0.3, 0.4) is 0 Å². The van der Waals surface area contributed by atoms with Crippen LogP contribution in [0.2, 0.25) is 0 Å². The second-order valence-electron chi connectivity index (χ2n) is 6.64. The normalized spacial score (nSPS) is 18.1. The van der Waals surface area contributed by atoms with Gasteiger partial charge in [0.1, 0.15) is 11.4 Å². The van der Waals surface area contributed by atoms with Crippen LogP contribution in [-0.2, 0) is 11.8 Å². The summed E-state index contributed by atoms with van der Waals surface area (Å²) in [7, 11) is 3.59. The summed E-state index contributed by atoms with van der Waals surface area (Å²) in [6, 6.07) is 1.92. The minimum atomic E-state index is -0.548. The fraction of sp³-hybridized carbons (Fsp3) is 0.765. The fourth-order valence-corrected chi connectivity index (χ4v) is 3.40. The van der Waals surface area contributed by atoms with Crippen LogP contribution in [0.1, 0.15) is 39.5 Å². The first kappa shape index (κ1) is 17.8. The Hall–Kier alpha value is -1.56. The average Bonchev–Trinajstić information content (AvgIpc) is 2.98. The number of aromatic nitrogens is 2. The Bertz CT molecular complexity index is 501. The van der Waals surface area contributed by atoms with Gasteiger partial charge in [0.25, 0.3) is 0 Å². The molecule has 1 amide bonds. The molecule has 6 nitrogen and oxygen atoms in total. The van der Waals surface area contributed by atoms with Crippen molar-refractivity contribution in [3.8, 4) is 0 Å². The zero-order chi connectivity index (χ0) is 16.9. The van der Waals surface area contributed by atoms with E-state index in [0.29, 0.717) is 0 Å². The number of nitrogens with one attached hydrogen (secondary N) is 2. The SMILES string of the molecule is CCC(CC)CN1CCC(Nc2ccn(C)n2)(C(=O)NC)CC1. The first-order valence-corrected chi connectivity index (χ1v) is 8.75. The van der Waals surface area contributed by atoms with Crippen molar-refractivity contribution >= 4 is 11.7 Å². The Morgan fingerprint density at radius 1 is 1.35 bits per heavy atom. The van der Waals surface area contributed by atoms with Crippen LogP contribution in [0.5, 0.6) is 0 Å². The van der Waals surface area contributed by atoms with Crippen LogP contribution in [0, 0.1) is 5.92 Å². The lowest BCUT2D eigenvalue weighted by Gasteiger charge is -2.41. The maximum absolute atomic E-state index is 12.5. The third kappa shape index (κ3) is 4.25. The molecule has 1 aliphatic rings. The molecule has 6 heteroatoms. The highest BCUT2D eigenvalue weighted by Gasteiger charge is 2.41. The minimum Gasteiger partial charge on any atom is -0.357 e. The van der Waals surface area contributed by atoms with Gasteiger partial charge in [-0.2, -0.15) is 5.10 Å². The van der Waals surface area contributed by atoms with Crippen molar-refractivity contribution in [2.75, 3.05) is 32.0 Å². The Morgan fingerprint density at radius 3 is 2.48 bits per heavy atom. The maximum Gasteiger partial charge on any atom is 0.245 e. The molecule has 130 valence electrons. The third-order valence-corrected chi connectivity index (χ3v) is 5.12. The molecule has 0 atom stereocenters. The molecule has 0 saturated carbocycles. The number of carbonyl (C=O) groups excluding carboxylic acids is 1. The zero-order valence-corrected chi connectivity index (χ0v) is 14.9. The van der Waals surface area contributed by atoms with Crippen molar-refractivity contribution in [2.45, 2.75) is 45.1 Å². The number of aryl methyl sites for hydroxylation is 1. The van der Waals surface area contributed by atoms with E-state index in [0.717, 1.165) is 44.2 Å². The second kappa shape index (κ2) is 7.81. The van der Waals surface area contributed by atoms with Gasteiger partial charge in [-0.1, -0.05) is 26.7 Å². The van der Waals surface area contributed by atoms with Crippen LogP contribution in [0.4, 0.5) is 5.82 Å². The van der Waals surface area contributed by atoms with E-state index in [1.54, 1.807) is 11.7 Å². The van der Waals surface area contributed by atoms with E-state index in [2.05, 4.69) is 34.5 Å². The summed E-state index contributed by atoms with van der Waals surface area (Å²) in [6.07, 6.45) is 5.95. The number of likely N-dealkylation sites (tertiary alicyclic amines) is 1. The van der Waals surface area contributed by atoms with Crippen molar-refractivity contribution in [3.05, 3.63) is 12.3 Å². The smallest absolute Gasteiger partial charge is 0.245 e. The van der Waals surface area contributed by atoms with E-state index < -0.39 is 5.54 Å². The van der Waals surface area contributed by atoms with Crippen LogP contribution in [-0.4, -0.2) is 52.8 Å². The summed E-state index contributed by atoms with van der Waals surface area (Å²) in [5.74, 6) is 1.58. The molecule has 0 bridgehead atoms. The fourth-order valence-electron chi connectivity index (χ4n) is 3.40. The molecule has 0 spiro atoms. The molecular formula is C17H31N5O. The number of hydrogen-bond donors (Lipinski definition) is 2. The number of piperidine rings is 1. The average molecular weight is 321 g/mol. The van der Waals surface area contributed by atoms with Crippen LogP contribution >= 0.6 is 0 Å². The maximum atomic E-state index is 12.5. The number of anilines is 1. The van der Waals surface area contributed by atoms with Crippen molar-refractivity contribution < 1.29 is 4.79 Å². The Labute approximate surface area is 139 Å². The number of amides is 1. The zero-order valence-electron chi connectivity index (χ0n) is 14.9. The van der Waals surface area contributed by atoms with Crippen LogP contribution in [0.15, 0.2) is 12.3 Å². The number of likely N-dealkylation sites (N-methyl/N-ethyl adjacent to an activating group) is 1. The van der Waals surface area contributed by atoms with E-state index in [9.17, 15) is 4.79 Å². The van der Waals surface area contributed by atoms with Crippen molar-refractivity contribution in [1.29, 1.82) is 0 Å². The Morgan fingerprint density at radius 2 is 2.00 bits per heavy atom. The van der Waals surface area contributed by atoms with Crippen molar-refractivity contribution in [1.82, 2.24) is 20.0 Å². The van der Waals surface area contributed by atoms with Gasteiger partial charge >= 0.3 is 0 Å². The summed E-state index contributed by atoms with van der Waals surface area (Å²) in [5.41, 5.74) is -0.548. The highest BCUT2D eigenvalue weighted by atomic mass is 16.2.